The van der Waals surface area contributed by atoms with Gasteiger partial charge in [-0.1, -0.05) is 19.9 Å². The van der Waals surface area contributed by atoms with Crippen LogP contribution < -0.4 is 0 Å². The van der Waals surface area contributed by atoms with E-state index in [4.69, 9.17) is 0 Å². The van der Waals surface area contributed by atoms with Gasteiger partial charge >= 0.3 is 6.97 Å². The highest BCUT2D eigenvalue weighted by Gasteiger charge is 2.56. The fourth-order valence-corrected chi connectivity index (χ4v) is 11.0. The minimum atomic E-state index is -4.01. The minimum absolute atomic E-state index is 0.680. The van der Waals surface area contributed by atoms with Crippen LogP contribution in [0.5, 0.6) is 0 Å². The lowest BCUT2D eigenvalue weighted by Gasteiger charge is -2.33. The second-order valence-electron chi connectivity index (χ2n) is 11.0. The zero-order chi connectivity index (χ0) is 29.5. The molecule has 214 valence electrons. The molecule has 2 aliphatic rings. The molecule has 0 aromatic carbocycles. The predicted molar refractivity (Wildman–Crippen MR) is 181 cm³/mol. The molecule has 0 amide bonds. The van der Waals surface area contributed by atoms with Gasteiger partial charge in [0.25, 0.3) is 0 Å². The summed E-state index contributed by atoms with van der Waals surface area (Å²) in [6.45, 7) is 7.89. The maximum Gasteiger partial charge on any atom is 0.737 e. The molecule has 0 unspecified atom stereocenters. The van der Waals surface area contributed by atoms with E-state index in [1.807, 2.05) is 39.0 Å². The average Bonchev–Trinajstić information content (AvgIpc) is 3.78. The number of hydrogen-bond acceptors (Lipinski definition) is 4. The van der Waals surface area contributed by atoms with Crippen molar-refractivity contribution in [3.8, 4) is 29.3 Å². The first-order valence-corrected chi connectivity index (χ1v) is 17.6. The molecule has 9 heteroatoms. The van der Waals surface area contributed by atoms with E-state index in [2.05, 4.69) is 67.8 Å². The second kappa shape index (κ2) is 10.1. The molecular formula is C33H31BF2N2S4. The minimum Gasteiger partial charge on any atom is -0.393 e. The van der Waals surface area contributed by atoms with Gasteiger partial charge in [-0.3, -0.25) is 0 Å². The summed E-state index contributed by atoms with van der Waals surface area (Å²) < 4.78 is 35.9. The number of thiophene rings is 4. The first-order valence-electron chi connectivity index (χ1n) is 14.3. The van der Waals surface area contributed by atoms with Crippen molar-refractivity contribution in [1.29, 1.82) is 0 Å². The van der Waals surface area contributed by atoms with E-state index in [1.54, 1.807) is 34.0 Å². The Kier molecular flexibility index (Phi) is 6.73. The van der Waals surface area contributed by atoms with E-state index in [-0.39, 0.29) is 0 Å². The smallest absolute Gasteiger partial charge is 0.393 e. The van der Waals surface area contributed by atoms with Crippen LogP contribution in [0.25, 0.3) is 34.8 Å². The van der Waals surface area contributed by atoms with Gasteiger partial charge < -0.3 is 17.6 Å². The highest BCUT2D eigenvalue weighted by Crippen LogP contribution is 2.50. The van der Waals surface area contributed by atoms with Crippen LogP contribution in [0.2, 0.25) is 0 Å². The quantitative estimate of drug-likeness (QED) is 0.165. The molecule has 2 aliphatic heterocycles. The number of hydrogen-bond donors (Lipinski definition) is 0. The summed E-state index contributed by atoms with van der Waals surface area (Å²) in [5.41, 5.74) is 7.67. The van der Waals surface area contributed by atoms with Gasteiger partial charge in [0.1, 0.15) is 5.71 Å². The molecular weight excluding hydrogens is 601 g/mol. The Morgan fingerprint density at radius 3 is 1.81 bits per heavy atom. The van der Waals surface area contributed by atoms with Gasteiger partial charge in [0.05, 0.1) is 5.57 Å². The lowest BCUT2D eigenvalue weighted by molar-refractivity contribution is -0.363. The van der Waals surface area contributed by atoms with Crippen molar-refractivity contribution in [2.45, 2.75) is 54.4 Å². The number of allylic oxidation sites excluding steroid dienone is 2. The monoisotopic (exact) mass is 632 g/mol. The third-order valence-electron chi connectivity index (χ3n) is 8.81. The van der Waals surface area contributed by atoms with Crippen molar-refractivity contribution >= 4 is 63.6 Å². The maximum absolute atomic E-state index is 16.6. The normalized spacial score (nSPS) is 16.2. The zero-order valence-electron chi connectivity index (χ0n) is 24.5. The van der Waals surface area contributed by atoms with Gasteiger partial charge in [0.2, 0.25) is 0 Å². The molecule has 0 saturated carbocycles. The first kappa shape index (κ1) is 28.0. The topological polar surface area (TPSA) is 7.94 Å². The summed E-state index contributed by atoms with van der Waals surface area (Å²) in [4.78, 5) is 8.51. The van der Waals surface area contributed by atoms with E-state index in [1.165, 1.54) is 33.4 Å². The van der Waals surface area contributed by atoms with E-state index in [9.17, 15) is 0 Å². The van der Waals surface area contributed by atoms with Crippen molar-refractivity contribution in [3.63, 3.8) is 0 Å². The maximum atomic E-state index is 16.6. The summed E-state index contributed by atoms with van der Waals surface area (Å²) in [5.74, 6) is 0. The fourth-order valence-electron chi connectivity index (χ4n) is 6.94. The third kappa shape index (κ3) is 3.93. The molecule has 0 bridgehead atoms. The number of halogens is 2. The van der Waals surface area contributed by atoms with Crippen LogP contribution in [-0.4, -0.2) is 21.6 Å². The standard InChI is InChI=1S/C33H31BF2N2S4/c1-7-22-18(3)32-31(33-19(4)23(8-2)21(6)38(33)34(35,36)37(32)20(22)5)30-16-15-29(42-30)28-14-13-27(41-28)26-12-11-25(40-26)24-10-9-17-39-24/h9-17H,7-8H2,1-6H3. The van der Waals surface area contributed by atoms with Gasteiger partial charge in [0.15, 0.2) is 5.70 Å². The summed E-state index contributed by atoms with van der Waals surface area (Å²) in [6.07, 6.45) is 1.46. The van der Waals surface area contributed by atoms with Crippen LogP contribution in [0.15, 0.2) is 70.8 Å². The van der Waals surface area contributed by atoms with Crippen LogP contribution in [0.1, 0.15) is 61.5 Å². The van der Waals surface area contributed by atoms with Gasteiger partial charge in [-0.25, -0.2) is 0 Å². The molecule has 0 N–H and O–H groups in total. The van der Waals surface area contributed by atoms with Crippen LogP contribution in [0, 0.1) is 13.8 Å². The van der Waals surface area contributed by atoms with E-state index < -0.39 is 6.97 Å². The zero-order valence-corrected chi connectivity index (χ0v) is 27.7. The van der Waals surface area contributed by atoms with Crippen molar-refractivity contribution < 1.29 is 13.1 Å². The number of fused-ring (bicyclic) bond motifs is 2. The molecule has 0 radical (unpaired) electrons. The van der Waals surface area contributed by atoms with Crippen molar-refractivity contribution in [2.24, 2.45) is 0 Å². The Labute approximate surface area is 261 Å². The van der Waals surface area contributed by atoms with E-state index in [0.29, 0.717) is 22.8 Å². The summed E-state index contributed by atoms with van der Waals surface area (Å²) in [7, 11) is 0. The molecule has 2 nitrogen and oxygen atoms in total. The summed E-state index contributed by atoms with van der Waals surface area (Å²) in [5, 5.41) is 2.12. The van der Waals surface area contributed by atoms with Crippen LogP contribution in [-0.2, 0) is 6.42 Å². The molecule has 0 atom stereocenters. The lowest BCUT2D eigenvalue weighted by atomic mass is 9.85. The van der Waals surface area contributed by atoms with Crippen molar-refractivity contribution in [1.82, 2.24) is 4.48 Å². The third-order valence-corrected chi connectivity index (χ3v) is 13.5. The van der Waals surface area contributed by atoms with Crippen molar-refractivity contribution in [2.75, 3.05) is 0 Å². The largest absolute Gasteiger partial charge is 0.737 e. The summed E-state index contributed by atoms with van der Waals surface area (Å²) >= 11 is 7.09. The Hall–Kier alpha value is -2.85. The molecule has 42 heavy (non-hydrogen) atoms. The number of rotatable bonds is 6. The van der Waals surface area contributed by atoms with Crippen LogP contribution in [0.3, 0.4) is 0 Å². The molecule has 0 spiro atoms. The molecule has 7 rings (SSSR count). The van der Waals surface area contributed by atoms with Crippen molar-refractivity contribution in [3.05, 3.63) is 98.1 Å². The van der Waals surface area contributed by atoms with E-state index >= 15 is 8.63 Å². The molecule has 7 heterocycles. The molecule has 5 aromatic heterocycles. The number of nitrogens with zero attached hydrogens (tertiary/aromatic N) is 2. The van der Waals surface area contributed by atoms with Crippen LogP contribution >= 0.6 is 45.3 Å². The second-order valence-corrected chi connectivity index (χ2v) is 15.2. The Bertz CT molecular complexity index is 1970. The van der Waals surface area contributed by atoms with Gasteiger partial charge in [-0.05, 0) is 98.3 Å². The van der Waals surface area contributed by atoms with Gasteiger partial charge in [-0.2, -0.15) is 0 Å². The van der Waals surface area contributed by atoms with Gasteiger partial charge in [0, 0.05) is 57.9 Å². The SMILES string of the molecule is CCC1=C(C)C2=C(c3ccc(-c4ccc(-c5ccc(-c6cccs6)s5)s4)s3)c3c(C)c(CC)c(C)n3[B-](F)(F)[N+]2=C1C. The lowest BCUT2D eigenvalue weighted by Crippen LogP contribution is -2.51. The number of aromatic nitrogens is 1. The Morgan fingerprint density at radius 2 is 1.29 bits per heavy atom. The molecule has 0 aliphatic carbocycles. The van der Waals surface area contributed by atoms with E-state index in [0.717, 1.165) is 50.4 Å². The molecule has 0 saturated heterocycles. The molecule has 5 aromatic rings. The average molecular weight is 633 g/mol. The Balaban J connectivity index is 1.36. The molecule has 0 fully saturated rings. The first-order chi connectivity index (χ1) is 20.2. The predicted octanol–water partition coefficient (Wildman–Crippen LogP) is 11.1. The summed E-state index contributed by atoms with van der Waals surface area (Å²) in [6, 6.07) is 17.4. The fraction of sp³-hybridized carbons (Fsp3) is 0.242. The highest BCUT2D eigenvalue weighted by atomic mass is 32.1. The Morgan fingerprint density at radius 1 is 0.738 bits per heavy atom. The highest BCUT2D eigenvalue weighted by molar-refractivity contribution is 7.28. The van der Waals surface area contributed by atoms with Crippen LogP contribution in [0.4, 0.5) is 8.63 Å². The van der Waals surface area contributed by atoms with Gasteiger partial charge in [-0.15, -0.1) is 45.3 Å².